The van der Waals surface area contributed by atoms with E-state index in [-0.39, 0.29) is 20.7 Å². The number of halogens is 2. The van der Waals surface area contributed by atoms with E-state index in [4.69, 9.17) is 31.9 Å². The Hall–Kier alpha value is -2.09. The lowest BCUT2D eigenvalue weighted by Crippen LogP contribution is -2.11. The third-order valence-electron chi connectivity index (χ3n) is 3.01. The van der Waals surface area contributed by atoms with E-state index in [0.717, 1.165) is 0 Å². The third-order valence-corrected chi connectivity index (χ3v) is 5.22. The summed E-state index contributed by atoms with van der Waals surface area (Å²) >= 11 is 11.8. The fourth-order valence-electron chi connectivity index (χ4n) is 1.97. The van der Waals surface area contributed by atoms with E-state index in [1.807, 2.05) is 0 Å². The lowest BCUT2D eigenvalue weighted by molar-refractivity contribution is 0.394. The van der Waals surface area contributed by atoms with Crippen molar-refractivity contribution in [2.24, 2.45) is 0 Å². The van der Waals surface area contributed by atoms with Crippen molar-refractivity contribution in [2.45, 2.75) is 11.8 Å². The van der Waals surface area contributed by atoms with E-state index < -0.39 is 10.1 Å². The number of hydrogen-bond donors (Lipinski definition) is 0. The first-order chi connectivity index (χ1) is 11.4. The molecule has 0 fully saturated rings. The molecule has 3 aromatic rings. The van der Waals surface area contributed by atoms with Gasteiger partial charge in [0.15, 0.2) is 0 Å². The standard InChI is InChI=1S/C15H10Cl2N2O4S/c1-9-18-15(19-22-9)10-5-7-11(8-6-10)23-24(20,21)14-12(16)3-2-4-13(14)17/h2-8H,1H3. The number of aryl methyl sites for hydroxylation is 1. The highest BCUT2D eigenvalue weighted by molar-refractivity contribution is 7.87. The summed E-state index contributed by atoms with van der Waals surface area (Å²) in [7, 11) is -4.16. The highest BCUT2D eigenvalue weighted by Crippen LogP contribution is 2.31. The topological polar surface area (TPSA) is 82.3 Å². The minimum atomic E-state index is -4.16. The summed E-state index contributed by atoms with van der Waals surface area (Å²) in [5, 5.41) is 3.76. The molecule has 0 saturated carbocycles. The van der Waals surface area contributed by atoms with Crippen LogP contribution in [0.25, 0.3) is 11.4 Å². The molecule has 0 aliphatic heterocycles. The lowest BCUT2D eigenvalue weighted by Gasteiger charge is -2.10. The first kappa shape index (κ1) is 16.8. The predicted molar refractivity (Wildman–Crippen MR) is 88.7 cm³/mol. The van der Waals surface area contributed by atoms with Crippen LogP contribution in [-0.4, -0.2) is 18.6 Å². The molecule has 3 rings (SSSR count). The maximum Gasteiger partial charge on any atom is 0.342 e. The molecule has 0 unspecified atom stereocenters. The predicted octanol–water partition coefficient (Wildman–Crippen LogP) is 4.12. The second-order valence-electron chi connectivity index (χ2n) is 4.75. The second-order valence-corrected chi connectivity index (χ2v) is 7.05. The van der Waals surface area contributed by atoms with Gasteiger partial charge in [0, 0.05) is 12.5 Å². The molecule has 0 aliphatic rings. The minimum absolute atomic E-state index is 0.0126. The van der Waals surface area contributed by atoms with Crippen molar-refractivity contribution in [1.82, 2.24) is 10.1 Å². The summed E-state index contributed by atoms with van der Waals surface area (Å²) in [6.07, 6.45) is 0. The molecule has 0 radical (unpaired) electrons. The molecule has 0 N–H and O–H groups in total. The Morgan fingerprint density at radius 1 is 1.04 bits per heavy atom. The van der Waals surface area contributed by atoms with Gasteiger partial charge >= 0.3 is 10.1 Å². The quantitative estimate of drug-likeness (QED) is 0.629. The Balaban J connectivity index is 1.88. The number of nitrogens with zero attached hydrogens (tertiary/aromatic N) is 2. The fourth-order valence-corrected chi connectivity index (χ4v) is 3.99. The molecule has 124 valence electrons. The maximum atomic E-state index is 12.4. The molecule has 9 heteroatoms. The van der Waals surface area contributed by atoms with Gasteiger partial charge in [0.2, 0.25) is 11.7 Å². The van der Waals surface area contributed by atoms with E-state index in [0.29, 0.717) is 17.3 Å². The largest absolute Gasteiger partial charge is 0.379 e. The Bertz CT molecular complexity index is 965. The SMILES string of the molecule is Cc1nc(-c2ccc(OS(=O)(=O)c3c(Cl)cccc3Cl)cc2)no1. The van der Waals surface area contributed by atoms with E-state index in [2.05, 4.69) is 10.1 Å². The average Bonchev–Trinajstić information content (AvgIpc) is 2.93. The lowest BCUT2D eigenvalue weighted by atomic mass is 10.2. The summed E-state index contributed by atoms with van der Waals surface area (Å²) in [5.41, 5.74) is 0.660. The zero-order valence-corrected chi connectivity index (χ0v) is 14.6. The van der Waals surface area contributed by atoms with Crippen LogP contribution in [0.2, 0.25) is 10.0 Å². The van der Waals surface area contributed by atoms with Gasteiger partial charge in [-0.15, -0.1) is 0 Å². The molecule has 2 aromatic carbocycles. The van der Waals surface area contributed by atoms with Crippen molar-refractivity contribution < 1.29 is 17.1 Å². The van der Waals surface area contributed by atoms with E-state index in [1.165, 1.54) is 24.3 Å². The van der Waals surface area contributed by atoms with Crippen LogP contribution < -0.4 is 4.18 Å². The molecule has 0 saturated heterocycles. The van der Waals surface area contributed by atoms with Gasteiger partial charge in [-0.3, -0.25) is 0 Å². The molecule has 0 aliphatic carbocycles. The zero-order valence-electron chi connectivity index (χ0n) is 12.2. The number of aromatic nitrogens is 2. The van der Waals surface area contributed by atoms with Crippen molar-refractivity contribution in [3.8, 4) is 17.1 Å². The summed E-state index contributed by atoms with van der Waals surface area (Å²) in [6.45, 7) is 1.67. The van der Waals surface area contributed by atoms with Gasteiger partial charge in [-0.1, -0.05) is 34.4 Å². The Morgan fingerprint density at radius 3 is 2.21 bits per heavy atom. The van der Waals surface area contributed by atoms with Gasteiger partial charge in [-0.2, -0.15) is 13.4 Å². The molecule has 1 aromatic heterocycles. The number of benzene rings is 2. The molecule has 6 nitrogen and oxygen atoms in total. The summed E-state index contributed by atoms with van der Waals surface area (Å²) in [4.78, 5) is 3.81. The van der Waals surface area contributed by atoms with Crippen LogP contribution in [0.5, 0.6) is 5.75 Å². The normalized spacial score (nSPS) is 11.5. The minimum Gasteiger partial charge on any atom is -0.379 e. The second kappa shape index (κ2) is 6.43. The monoisotopic (exact) mass is 384 g/mol. The zero-order chi connectivity index (χ0) is 17.3. The molecular weight excluding hydrogens is 375 g/mol. The highest BCUT2D eigenvalue weighted by atomic mass is 35.5. The van der Waals surface area contributed by atoms with Gasteiger partial charge in [0.05, 0.1) is 10.0 Å². The molecule has 24 heavy (non-hydrogen) atoms. The molecule has 0 spiro atoms. The van der Waals surface area contributed by atoms with Crippen molar-refractivity contribution in [3.63, 3.8) is 0 Å². The smallest absolute Gasteiger partial charge is 0.342 e. The Labute approximate surface area is 148 Å². The summed E-state index contributed by atoms with van der Waals surface area (Å²) < 4.78 is 34.7. The maximum absolute atomic E-state index is 12.4. The summed E-state index contributed by atoms with van der Waals surface area (Å²) in [5.74, 6) is 0.937. The Morgan fingerprint density at radius 2 is 1.67 bits per heavy atom. The van der Waals surface area contributed by atoms with Crippen LogP contribution in [0.4, 0.5) is 0 Å². The van der Waals surface area contributed by atoms with Crippen molar-refractivity contribution in [3.05, 3.63) is 58.4 Å². The van der Waals surface area contributed by atoms with Gasteiger partial charge < -0.3 is 8.71 Å². The van der Waals surface area contributed by atoms with Crippen molar-refractivity contribution in [2.75, 3.05) is 0 Å². The highest BCUT2D eigenvalue weighted by Gasteiger charge is 2.24. The third kappa shape index (κ3) is 3.38. The molecule has 1 heterocycles. The van der Waals surface area contributed by atoms with E-state index >= 15 is 0 Å². The average molecular weight is 385 g/mol. The van der Waals surface area contributed by atoms with E-state index in [9.17, 15) is 8.42 Å². The van der Waals surface area contributed by atoms with Crippen LogP contribution in [-0.2, 0) is 10.1 Å². The number of hydrogen-bond acceptors (Lipinski definition) is 6. The molecule has 0 bridgehead atoms. The van der Waals surface area contributed by atoms with Gasteiger partial charge in [0.25, 0.3) is 0 Å². The van der Waals surface area contributed by atoms with Gasteiger partial charge in [-0.25, -0.2) is 0 Å². The van der Waals surface area contributed by atoms with Crippen LogP contribution in [0, 0.1) is 6.92 Å². The first-order valence-electron chi connectivity index (χ1n) is 6.66. The van der Waals surface area contributed by atoms with Crippen molar-refractivity contribution >= 4 is 33.3 Å². The molecular formula is C15H10Cl2N2O4S. The fraction of sp³-hybridized carbons (Fsp3) is 0.0667. The van der Waals surface area contributed by atoms with Crippen molar-refractivity contribution in [1.29, 1.82) is 0 Å². The molecule has 0 amide bonds. The van der Waals surface area contributed by atoms with Crippen LogP contribution in [0.1, 0.15) is 5.89 Å². The molecule has 0 atom stereocenters. The Kier molecular flexibility index (Phi) is 4.49. The van der Waals surface area contributed by atoms with E-state index in [1.54, 1.807) is 25.1 Å². The van der Waals surface area contributed by atoms with Crippen LogP contribution in [0.3, 0.4) is 0 Å². The van der Waals surface area contributed by atoms with Gasteiger partial charge in [-0.05, 0) is 36.4 Å². The first-order valence-corrected chi connectivity index (χ1v) is 8.82. The van der Waals surface area contributed by atoms with Crippen LogP contribution in [0.15, 0.2) is 51.9 Å². The number of rotatable bonds is 4. The summed E-state index contributed by atoms with van der Waals surface area (Å²) in [6, 6.07) is 10.6. The van der Waals surface area contributed by atoms with Gasteiger partial charge in [0.1, 0.15) is 10.6 Å². The van der Waals surface area contributed by atoms with Crippen LogP contribution >= 0.6 is 23.2 Å².